The van der Waals surface area contributed by atoms with Crippen LogP contribution in [0.3, 0.4) is 0 Å². The number of benzene rings is 1. The number of nitrogens with two attached hydrogens (primary N) is 1. The number of anilines is 1. The summed E-state index contributed by atoms with van der Waals surface area (Å²) in [7, 11) is -3.35. The van der Waals surface area contributed by atoms with Crippen LogP contribution in [0.5, 0.6) is 0 Å². The Balaban J connectivity index is 2.46. The van der Waals surface area contributed by atoms with Crippen LogP contribution in [0.2, 0.25) is 0 Å². The van der Waals surface area contributed by atoms with Gasteiger partial charge in [0.25, 0.3) is 0 Å². The van der Waals surface area contributed by atoms with E-state index in [0.717, 1.165) is 24.0 Å². The highest BCUT2D eigenvalue weighted by Crippen LogP contribution is 2.26. The minimum atomic E-state index is -3.35. The highest BCUT2D eigenvalue weighted by atomic mass is 32.2. The van der Waals surface area contributed by atoms with E-state index in [4.69, 9.17) is 5.73 Å². The molecule has 1 aliphatic heterocycles. The van der Waals surface area contributed by atoms with Gasteiger partial charge in [0.05, 0.1) is 4.90 Å². The van der Waals surface area contributed by atoms with Gasteiger partial charge in [0.2, 0.25) is 10.0 Å². The van der Waals surface area contributed by atoms with Gasteiger partial charge in [0.1, 0.15) is 0 Å². The number of nitrogen functional groups attached to an aromatic ring is 1. The van der Waals surface area contributed by atoms with Gasteiger partial charge < -0.3 is 5.73 Å². The highest BCUT2D eigenvalue weighted by molar-refractivity contribution is 7.89. The van der Waals surface area contributed by atoms with Gasteiger partial charge in [-0.3, -0.25) is 0 Å². The summed E-state index contributed by atoms with van der Waals surface area (Å²) in [4.78, 5) is 0.319. The fourth-order valence-electron chi connectivity index (χ4n) is 2.08. The van der Waals surface area contributed by atoms with E-state index in [1.807, 2.05) is 13.8 Å². The molecule has 94 valence electrons. The molecule has 2 rings (SSSR count). The minimum Gasteiger partial charge on any atom is -0.398 e. The molecule has 4 nitrogen and oxygen atoms in total. The Morgan fingerprint density at radius 3 is 2.29 bits per heavy atom. The first-order valence-corrected chi connectivity index (χ1v) is 7.24. The van der Waals surface area contributed by atoms with Gasteiger partial charge >= 0.3 is 0 Å². The van der Waals surface area contributed by atoms with Crippen LogP contribution in [0.4, 0.5) is 5.69 Å². The van der Waals surface area contributed by atoms with Crippen molar-refractivity contribution in [3.05, 3.63) is 23.3 Å². The normalized spacial score (nSPS) is 17.5. The van der Waals surface area contributed by atoms with Crippen molar-refractivity contribution in [3.8, 4) is 0 Å². The van der Waals surface area contributed by atoms with Gasteiger partial charge in [-0.1, -0.05) is 0 Å². The lowest BCUT2D eigenvalue weighted by atomic mass is 10.1. The molecule has 1 saturated heterocycles. The number of sulfonamides is 1. The summed E-state index contributed by atoms with van der Waals surface area (Å²) in [6, 6.07) is 3.27. The van der Waals surface area contributed by atoms with Crippen molar-refractivity contribution in [2.75, 3.05) is 18.8 Å². The van der Waals surface area contributed by atoms with Crippen LogP contribution in [0.15, 0.2) is 17.0 Å². The van der Waals surface area contributed by atoms with E-state index in [1.54, 1.807) is 12.1 Å². The third kappa shape index (κ3) is 2.17. The van der Waals surface area contributed by atoms with E-state index in [2.05, 4.69) is 0 Å². The third-order valence-corrected chi connectivity index (χ3v) is 5.26. The molecule has 0 aromatic heterocycles. The van der Waals surface area contributed by atoms with Gasteiger partial charge in [-0.15, -0.1) is 0 Å². The Labute approximate surface area is 102 Å². The second-order valence-electron chi connectivity index (χ2n) is 4.57. The summed E-state index contributed by atoms with van der Waals surface area (Å²) in [5, 5.41) is 0. The van der Waals surface area contributed by atoms with Gasteiger partial charge in [-0.25, -0.2) is 8.42 Å². The van der Waals surface area contributed by atoms with Crippen LogP contribution >= 0.6 is 0 Å². The molecule has 2 N–H and O–H groups in total. The number of hydrogen-bond acceptors (Lipinski definition) is 3. The minimum absolute atomic E-state index is 0.319. The largest absolute Gasteiger partial charge is 0.398 e. The zero-order valence-corrected chi connectivity index (χ0v) is 11.0. The molecule has 1 aromatic rings. The highest BCUT2D eigenvalue weighted by Gasteiger charge is 2.27. The Bertz CT molecular complexity index is 508. The molecular formula is C12H18N2O2S. The van der Waals surface area contributed by atoms with Crippen molar-refractivity contribution < 1.29 is 8.42 Å². The second kappa shape index (κ2) is 4.31. The van der Waals surface area contributed by atoms with Crippen molar-refractivity contribution >= 4 is 15.7 Å². The van der Waals surface area contributed by atoms with Gasteiger partial charge in [-0.2, -0.15) is 4.31 Å². The average Bonchev–Trinajstić information content (AvgIpc) is 2.79. The molecule has 0 radical (unpaired) electrons. The quantitative estimate of drug-likeness (QED) is 0.817. The SMILES string of the molecule is Cc1cc(S(=O)(=O)N2CCCC2)cc(N)c1C. The first-order chi connectivity index (χ1) is 7.93. The van der Waals surface area contributed by atoms with Crippen molar-refractivity contribution in [2.24, 2.45) is 0 Å². The van der Waals surface area contributed by atoms with E-state index < -0.39 is 10.0 Å². The Morgan fingerprint density at radius 2 is 1.76 bits per heavy atom. The van der Waals surface area contributed by atoms with Gasteiger partial charge in [-0.05, 0) is 49.9 Å². The Morgan fingerprint density at radius 1 is 1.18 bits per heavy atom. The molecule has 1 aromatic carbocycles. The van der Waals surface area contributed by atoms with Crippen molar-refractivity contribution in [1.29, 1.82) is 0 Å². The lowest BCUT2D eigenvalue weighted by Crippen LogP contribution is -2.28. The zero-order valence-electron chi connectivity index (χ0n) is 10.2. The molecule has 1 aliphatic rings. The molecule has 0 atom stereocenters. The summed E-state index contributed by atoms with van der Waals surface area (Å²) in [6.45, 7) is 5.02. The van der Waals surface area contributed by atoms with E-state index in [0.29, 0.717) is 23.7 Å². The monoisotopic (exact) mass is 254 g/mol. The summed E-state index contributed by atoms with van der Waals surface area (Å²) in [5.74, 6) is 0. The summed E-state index contributed by atoms with van der Waals surface area (Å²) in [5.41, 5.74) is 8.25. The first-order valence-electron chi connectivity index (χ1n) is 5.80. The number of hydrogen-bond donors (Lipinski definition) is 1. The molecule has 0 unspecified atom stereocenters. The van der Waals surface area contributed by atoms with Gasteiger partial charge in [0.15, 0.2) is 0 Å². The van der Waals surface area contributed by atoms with E-state index >= 15 is 0 Å². The fraction of sp³-hybridized carbons (Fsp3) is 0.500. The summed E-state index contributed by atoms with van der Waals surface area (Å²) in [6.07, 6.45) is 1.89. The molecule has 5 heteroatoms. The maximum absolute atomic E-state index is 12.3. The van der Waals surface area contributed by atoms with Crippen molar-refractivity contribution in [3.63, 3.8) is 0 Å². The average molecular weight is 254 g/mol. The Kier molecular flexibility index (Phi) is 3.14. The zero-order chi connectivity index (χ0) is 12.6. The topological polar surface area (TPSA) is 63.4 Å². The summed E-state index contributed by atoms with van der Waals surface area (Å²) >= 11 is 0. The van der Waals surface area contributed by atoms with E-state index in [9.17, 15) is 8.42 Å². The third-order valence-electron chi connectivity index (χ3n) is 3.38. The van der Waals surface area contributed by atoms with Crippen LogP contribution in [0.25, 0.3) is 0 Å². The smallest absolute Gasteiger partial charge is 0.243 e. The van der Waals surface area contributed by atoms with Gasteiger partial charge in [0, 0.05) is 18.8 Å². The van der Waals surface area contributed by atoms with E-state index in [1.165, 1.54) is 4.31 Å². The van der Waals surface area contributed by atoms with Crippen LogP contribution in [0, 0.1) is 13.8 Å². The van der Waals surface area contributed by atoms with E-state index in [-0.39, 0.29) is 0 Å². The lowest BCUT2D eigenvalue weighted by molar-refractivity contribution is 0.477. The van der Waals surface area contributed by atoms with Crippen LogP contribution < -0.4 is 5.73 Å². The number of nitrogens with zero attached hydrogens (tertiary/aromatic N) is 1. The fourth-order valence-corrected chi connectivity index (χ4v) is 3.72. The van der Waals surface area contributed by atoms with Crippen molar-refractivity contribution in [2.45, 2.75) is 31.6 Å². The standard InChI is InChI=1S/C12H18N2O2S/c1-9-7-11(8-12(13)10(9)2)17(15,16)14-5-3-4-6-14/h7-8H,3-6,13H2,1-2H3. The predicted molar refractivity (Wildman–Crippen MR) is 68.3 cm³/mol. The molecule has 17 heavy (non-hydrogen) atoms. The molecule has 1 heterocycles. The summed E-state index contributed by atoms with van der Waals surface area (Å²) < 4.78 is 26.2. The van der Waals surface area contributed by atoms with Crippen LogP contribution in [-0.2, 0) is 10.0 Å². The number of aryl methyl sites for hydroxylation is 1. The maximum atomic E-state index is 12.3. The molecule has 0 amide bonds. The Hall–Kier alpha value is -1.07. The molecular weight excluding hydrogens is 236 g/mol. The molecule has 0 aliphatic carbocycles. The molecule has 0 saturated carbocycles. The van der Waals surface area contributed by atoms with Crippen LogP contribution in [-0.4, -0.2) is 25.8 Å². The maximum Gasteiger partial charge on any atom is 0.243 e. The lowest BCUT2D eigenvalue weighted by Gasteiger charge is -2.17. The molecule has 0 spiro atoms. The van der Waals surface area contributed by atoms with Crippen molar-refractivity contribution in [1.82, 2.24) is 4.31 Å². The first kappa shape index (κ1) is 12.4. The second-order valence-corrected chi connectivity index (χ2v) is 6.50. The molecule has 1 fully saturated rings. The van der Waals surface area contributed by atoms with Crippen LogP contribution in [0.1, 0.15) is 24.0 Å². The number of rotatable bonds is 2. The predicted octanol–water partition coefficient (Wildman–Crippen LogP) is 1.67. The molecule has 0 bridgehead atoms.